The van der Waals surface area contributed by atoms with Gasteiger partial charge in [0.15, 0.2) is 11.4 Å². The fourth-order valence-corrected chi connectivity index (χ4v) is 1.64. The largest absolute Gasteiger partial charge is 0.461 e. The van der Waals surface area contributed by atoms with Crippen LogP contribution in [-0.2, 0) is 10.9 Å². The molecule has 0 aromatic carbocycles. The molecule has 0 atom stereocenters. The third-order valence-electron chi connectivity index (χ3n) is 2.58. The highest BCUT2D eigenvalue weighted by molar-refractivity contribution is 5.94. The third kappa shape index (κ3) is 2.14. The second kappa shape index (κ2) is 4.18. The van der Waals surface area contributed by atoms with E-state index in [1.54, 1.807) is 6.92 Å². The zero-order chi connectivity index (χ0) is 13.5. The summed E-state index contributed by atoms with van der Waals surface area (Å²) in [5.41, 5.74) is 3.20. The van der Waals surface area contributed by atoms with Gasteiger partial charge in [0.25, 0.3) is 0 Å². The van der Waals surface area contributed by atoms with Crippen LogP contribution in [0, 0.1) is 0 Å². The van der Waals surface area contributed by atoms with Crippen LogP contribution in [0.2, 0.25) is 0 Å². The summed E-state index contributed by atoms with van der Waals surface area (Å²) in [7, 11) is 0. The summed E-state index contributed by atoms with van der Waals surface area (Å²) >= 11 is 0. The van der Waals surface area contributed by atoms with Crippen LogP contribution >= 0.6 is 0 Å². The number of carbonyl (C=O) groups excluding carboxylic acids is 1. The summed E-state index contributed by atoms with van der Waals surface area (Å²) in [6, 6.07) is -0.192. The van der Waals surface area contributed by atoms with Crippen LogP contribution in [0.3, 0.4) is 0 Å². The van der Waals surface area contributed by atoms with Gasteiger partial charge in [0.2, 0.25) is 0 Å². The number of anilines is 1. The molecule has 0 unspecified atom stereocenters. The molecule has 18 heavy (non-hydrogen) atoms. The van der Waals surface area contributed by atoms with Crippen LogP contribution in [0.25, 0.3) is 0 Å². The number of nitrogen functional groups attached to an aromatic ring is 1. The molecule has 100 valence electrons. The number of aromatic nitrogens is 2. The Morgan fingerprint density at radius 2 is 2.17 bits per heavy atom. The molecule has 0 spiro atoms. The number of ether oxygens (including phenoxy) is 1. The number of rotatable bonds is 3. The summed E-state index contributed by atoms with van der Waals surface area (Å²) < 4.78 is 43.7. The molecule has 1 aromatic rings. The first-order chi connectivity index (χ1) is 8.36. The Hall–Kier alpha value is -1.73. The zero-order valence-electron chi connectivity index (χ0n) is 9.62. The van der Waals surface area contributed by atoms with Gasteiger partial charge in [-0.15, -0.1) is 0 Å². The van der Waals surface area contributed by atoms with Gasteiger partial charge >= 0.3 is 12.1 Å². The van der Waals surface area contributed by atoms with Crippen molar-refractivity contribution in [2.75, 3.05) is 12.3 Å². The predicted octanol–water partition coefficient (Wildman–Crippen LogP) is 2.00. The zero-order valence-corrected chi connectivity index (χ0v) is 9.62. The van der Waals surface area contributed by atoms with E-state index >= 15 is 0 Å². The third-order valence-corrected chi connectivity index (χ3v) is 2.58. The Kier molecular flexibility index (Phi) is 2.95. The van der Waals surface area contributed by atoms with Crippen molar-refractivity contribution in [1.82, 2.24) is 9.78 Å². The summed E-state index contributed by atoms with van der Waals surface area (Å²) in [4.78, 5) is 11.6. The molecular weight excluding hydrogens is 251 g/mol. The first kappa shape index (κ1) is 12.7. The summed E-state index contributed by atoms with van der Waals surface area (Å²) in [6.07, 6.45) is -3.30. The number of carbonyl (C=O) groups is 1. The number of nitrogens with zero attached hydrogens (tertiary/aromatic N) is 2. The first-order valence-electron chi connectivity index (χ1n) is 5.48. The fourth-order valence-electron chi connectivity index (χ4n) is 1.64. The van der Waals surface area contributed by atoms with Gasteiger partial charge in [0.05, 0.1) is 18.3 Å². The minimum absolute atomic E-state index is 0.0650. The molecule has 0 radical (unpaired) electrons. The van der Waals surface area contributed by atoms with Crippen molar-refractivity contribution in [2.24, 2.45) is 0 Å². The molecule has 0 aliphatic heterocycles. The monoisotopic (exact) mass is 263 g/mol. The van der Waals surface area contributed by atoms with Crippen LogP contribution in [0.1, 0.15) is 42.0 Å². The highest BCUT2D eigenvalue weighted by Crippen LogP contribution is 2.41. The van der Waals surface area contributed by atoms with Gasteiger partial charge in [0, 0.05) is 0 Å². The quantitative estimate of drug-likeness (QED) is 0.847. The molecule has 0 saturated heterocycles. The maximum Gasteiger partial charge on any atom is 0.437 e. The van der Waals surface area contributed by atoms with Gasteiger partial charge in [-0.2, -0.15) is 18.3 Å². The lowest BCUT2D eigenvalue weighted by molar-refractivity contribution is -0.140. The minimum atomic E-state index is -4.68. The highest BCUT2D eigenvalue weighted by atomic mass is 19.4. The number of esters is 1. The molecule has 8 heteroatoms. The molecular formula is C10H12F3N3O2. The van der Waals surface area contributed by atoms with E-state index in [1.165, 1.54) is 0 Å². The Balaban J connectivity index is 2.48. The molecule has 1 aliphatic carbocycles. The van der Waals surface area contributed by atoms with Crippen molar-refractivity contribution in [2.45, 2.75) is 32.0 Å². The molecule has 2 rings (SSSR count). The second-order valence-electron chi connectivity index (χ2n) is 4.00. The average molecular weight is 263 g/mol. The average Bonchev–Trinajstić information content (AvgIpc) is 3.01. The van der Waals surface area contributed by atoms with Gasteiger partial charge < -0.3 is 10.5 Å². The highest BCUT2D eigenvalue weighted by Gasteiger charge is 2.42. The van der Waals surface area contributed by atoms with E-state index < -0.39 is 23.5 Å². The van der Waals surface area contributed by atoms with Crippen molar-refractivity contribution in [3.63, 3.8) is 0 Å². The van der Waals surface area contributed by atoms with Gasteiger partial charge in [-0.3, -0.25) is 4.68 Å². The number of nitrogens with two attached hydrogens (primary N) is 1. The van der Waals surface area contributed by atoms with E-state index in [0.717, 1.165) is 4.68 Å². The maximum atomic E-state index is 12.7. The maximum absolute atomic E-state index is 12.7. The van der Waals surface area contributed by atoms with Gasteiger partial charge in [-0.25, -0.2) is 4.79 Å². The normalized spacial score (nSPS) is 15.8. The van der Waals surface area contributed by atoms with Crippen LogP contribution < -0.4 is 5.73 Å². The Bertz CT molecular complexity index is 477. The summed E-state index contributed by atoms with van der Waals surface area (Å²) in [5.74, 6) is -0.870. The second-order valence-corrected chi connectivity index (χ2v) is 4.00. The Labute approximate surface area is 101 Å². The van der Waals surface area contributed by atoms with Gasteiger partial charge in [-0.1, -0.05) is 0 Å². The van der Waals surface area contributed by atoms with E-state index in [4.69, 9.17) is 10.5 Å². The van der Waals surface area contributed by atoms with Crippen molar-refractivity contribution in [3.05, 3.63) is 11.4 Å². The number of hydrogen-bond donors (Lipinski definition) is 1. The Morgan fingerprint density at radius 3 is 2.61 bits per heavy atom. The van der Waals surface area contributed by atoms with Crippen molar-refractivity contribution >= 4 is 11.7 Å². The van der Waals surface area contributed by atoms with Crippen LogP contribution in [0.5, 0.6) is 0 Å². The molecule has 0 bridgehead atoms. The molecule has 1 aromatic heterocycles. The topological polar surface area (TPSA) is 70.1 Å². The lowest BCUT2D eigenvalue weighted by atomic mass is 10.3. The Morgan fingerprint density at radius 1 is 1.56 bits per heavy atom. The smallest absolute Gasteiger partial charge is 0.437 e. The van der Waals surface area contributed by atoms with E-state index in [9.17, 15) is 18.0 Å². The van der Waals surface area contributed by atoms with E-state index in [0.29, 0.717) is 12.8 Å². The molecule has 5 nitrogen and oxygen atoms in total. The van der Waals surface area contributed by atoms with Crippen LogP contribution in [-0.4, -0.2) is 22.4 Å². The van der Waals surface area contributed by atoms with E-state index in [-0.39, 0.29) is 18.3 Å². The van der Waals surface area contributed by atoms with Crippen LogP contribution in [0.4, 0.5) is 18.9 Å². The molecule has 1 aliphatic rings. The summed E-state index contributed by atoms with van der Waals surface area (Å²) in [5, 5.41) is 3.41. The predicted molar refractivity (Wildman–Crippen MR) is 55.9 cm³/mol. The van der Waals surface area contributed by atoms with E-state index in [2.05, 4.69) is 5.10 Å². The molecule has 2 N–H and O–H groups in total. The van der Waals surface area contributed by atoms with Crippen molar-refractivity contribution in [1.29, 1.82) is 0 Å². The number of hydrogen-bond acceptors (Lipinski definition) is 4. The standard InChI is InChI=1S/C10H12F3N3O2/c1-2-18-9(17)7-6(14)8(10(11,12)13)15-16(7)5-3-4-5/h5H,2-4,14H2,1H3. The number of halogens is 3. The SMILES string of the molecule is CCOC(=O)c1c(N)c(C(F)(F)F)nn1C1CC1. The molecule has 1 fully saturated rings. The molecule has 1 saturated carbocycles. The van der Waals surface area contributed by atoms with Gasteiger partial charge in [-0.05, 0) is 19.8 Å². The molecule has 1 heterocycles. The lowest BCUT2D eigenvalue weighted by Crippen LogP contribution is -2.14. The van der Waals surface area contributed by atoms with Crippen molar-refractivity contribution < 1.29 is 22.7 Å². The number of alkyl halides is 3. The van der Waals surface area contributed by atoms with E-state index in [1.807, 2.05) is 0 Å². The summed E-state index contributed by atoms with van der Waals surface area (Å²) in [6.45, 7) is 1.63. The van der Waals surface area contributed by atoms with Crippen molar-refractivity contribution in [3.8, 4) is 0 Å². The minimum Gasteiger partial charge on any atom is -0.461 e. The van der Waals surface area contributed by atoms with Crippen LogP contribution in [0.15, 0.2) is 0 Å². The molecule has 0 amide bonds. The lowest BCUT2D eigenvalue weighted by Gasteiger charge is -2.05. The fraction of sp³-hybridized carbons (Fsp3) is 0.600. The first-order valence-corrected chi connectivity index (χ1v) is 5.48. The van der Waals surface area contributed by atoms with Gasteiger partial charge in [0.1, 0.15) is 0 Å².